The molecule has 0 atom stereocenters. The summed E-state index contributed by atoms with van der Waals surface area (Å²) in [6.45, 7) is 3.42. The molecule has 0 spiro atoms. The second-order valence-electron chi connectivity index (χ2n) is 6.37. The standard InChI is InChI=1S/C16H21N3O2S2/c20-23(21)11-9-18(10-12-23)13-5-7-19(8-6-13)16-17-14-3-1-2-4-15(14)22-16/h1-4,13H,5-12H2. The van der Waals surface area contributed by atoms with Gasteiger partial charge in [0, 0.05) is 32.2 Å². The summed E-state index contributed by atoms with van der Waals surface area (Å²) in [7, 11) is -2.78. The summed E-state index contributed by atoms with van der Waals surface area (Å²) in [5.74, 6) is 0.649. The van der Waals surface area contributed by atoms with E-state index in [1.54, 1.807) is 11.3 Å². The molecule has 0 amide bonds. The Morgan fingerprint density at radius 3 is 2.43 bits per heavy atom. The van der Waals surface area contributed by atoms with Crippen molar-refractivity contribution in [2.24, 2.45) is 0 Å². The van der Waals surface area contributed by atoms with Gasteiger partial charge in [-0.3, -0.25) is 4.90 Å². The summed E-state index contributed by atoms with van der Waals surface area (Å²) >= 11 is 1.76. The quantitative estimate of drug-likeness (QED) is 0.828. The van der Waals surface area contributed by atoms with E-state index in [9.17, 15) is 8.42 Å². The van der Waals surface area contributed by atoms with Crippen LogP contribution in [0.3, 0.4) is 0 Å². The van der Waals surface area contributed by atoms with Crippen molar-refractivity contribution in [3.8, 4) is 0 Å². The van der Waals surface area contributed by atoms with Crippen LogP contribution in [-0.4, -0.2) is 62.0 Å². The molecule has 0 aliphatic carbocycles. The highest BCUT2D eigenvalue weighted by Crippen LogP contribution is 2.31. The molecule has 124 valence electrons. The lowest BCUT2D eigenvalue weighted by atomic mass is 10.0. The second-order valence-corrected chi connectivity index (χ2v) is 9.68. The molecule has 0 N–H and O–H groups in total. The molecule has 4 rings (SSSR count). The van der Waals surface area contributed by atoms with E-state index in [0.29, 0.717) is 30.6 Å². The number of hydrogen-bond acceptors (Lipinski definition) is 6. The molecule has 7 heteroatoms. The van der Waals surface area contributed by atoms with Crippen LogP contribution in [0.4, 0.5) is 5.13 Å². The molecule has 1 aromatic heterocycles. The monoisotopic (exact) mass is 351 g/mol. The molecule has 3 heterocycles. The molecule has 0 unspecified atom stereocenters. The van der Waals surface area contributed by atoms with E-state index in [4.69, 9.17) is 4.98 Å². The number of hydrogen-bond donors (Lipinski definition) is 0. The Hall–Kier alpha value is -1.18. The van der Waals surface area contributed by atoms with Gasteiger partial charge in [0.15, 0.2) is 15.0 Å². The fourth-order valence-corrected chi connectivity index (χ4v) is 5.76. The number of anilines is 1. The molecule has 0 saturated carbocycles. The van der Waals surface area contributed by atoms with Crippen LogP contribution < -0.4 is 4.90 Å². The van der Waals surface area contributed by atoms with Crippen LogP contribution >= 0.6 is 11.3 Å². The third-order valence-electron chi connectivity index (χ3n) is 4.91. The lowest BCUT2D eigenvalue weighted by Gasteiger charge is -2.39. The Morgan fingerprint density at radius 1 is 1.04 bits per heavy atom. The highest BCUT2D eigenvalue weighted by Gasteiger charge is 2.30. The summed E-state index contributed by atoms with van der Waals surface area (Å²) in [6, 6.07) is 8.80. The first-order valence-electron chi connectivity index (χ1n) is 8.16. The van der Waals surface area contributed by atoms with Crippen LogP contribution in [0.2, 0.25) is 0 Å². The molecule has 2 aromatic rings. The average molecular weight is 351 g/mol. The molecule has 2 fully saturated rings. The Balaban J connectivity index is 1.39. The van der Waals surface area contributed by atoms with Crippen LogP contribution in [-0.2, 0) is 9.84 Å². The Morgan fingerprint density at radius 2 is 1.74 bits per heavy atom. The molecule has 2 saturated heterocycles. The maximum absolute atomic E-state index is 11.6. The topological polar surface area (TPSA) is 53.5 Å². The number of fused-ring (bicyclic) bond motifs is 1. The zero-order chi connectivity index (χ0) is 15.9. The second kappa shape index (κ2) is 6.03. The highest BCUT2D eigenvalue weighted by atomic mass is 32.2. The fourth-order valence-electron chi connectivity index (χ4n) is 3.51. The van der Waals surface area contributed by atoms with Gasteiger partial charge in [-0.2, -0.15) is 0 Å². The van der Waals surface area contributed by atoms with Crippen molar-refractivity contribution >= 4 is 36.5 Å². The number of nitrogens with zero attached hydrogens (tertiary/aromatic N) is 3. The molecule has 2 aliphatic rings. The van der Waals surface area contributed by atoms with E-state index in [2.05, 4.69) is 28.0 Å². The Labute approximate surface area is 140 Å². The average Bonchev–Trinajstić information content (AvgIpc) is 2.99. The Kier molecular flexibility index (Phi) is 4.03. The van der Waals surface area contributed by atoms with Crippen molar-refractivity contribution in [3.05, 3.63) is 24.3 Å². The number of sulfone groups is 1. The molecular formula is C16H21N3O2S2. The van der Waals surface area contributed by atoms with E-state index < -0.39 is 9.84 Å². The summed E-state index contributed by atoms with van der Waals surface area (Å²) in [5, 5.41) is 1.12. The SMILES string of the molecule is O=S1(=O)CCN(C2CCN(c3nc4ccccc4s3)CC2)CC1. The molecule has 0 bridgehead atoms. The predicted molar refractivity (Wildman–Crippen MR) is 95.1 cm³/mol. The van der Waals surface area contributed by atoms with Gasteiger partial charge in [0.1, 0.15) is 0 Å². The minimum atomic E-state index is -2.78. The van der Waals surface area contributed by atoms with Gasteiger partial charge in [0.05, 0.1) is 21.7 Å². The van der Waals surface area contributed by atoms with E-state index in [-0.39, 0.29) is 0 Å². The first-order chi connectivity index (χ1) is 11.1. The molecule has 1 aromatic carbocycles. The zero-order valence-corrected chi connectivity index (χ0v) is 14.7. The third kappa shape index (κ3) is 3.22. The summed E-state index contributed by atoms with van der Waals surface area (Å²) in [5.41, 5.74) is 1.08. The number of piperidine rings is 1. The largest absolute Gasteiger partial charge is 0.348 e. The molecule has 23 heavy (non-hydrogen) atoms. The Bertz CT molecular complexity index is 748. The van der Waals surface area contributed by atoms with E-state index >= 15 is 0 Å². The van der Waals surface area contributed by atoms with Gasteiger partial charge in [-0.15, -0.1) is 0 Å². The van der Waals surface area contributed by atoms with Crippen LogP contribution in [0.15, 0.2) is 24.3 Å². The maximum atomic E-state index is 11.6. The van der Waals surface area contributed by atoms with Crippen LogP contribution in [0.1, 0.15) is 12.8 Å². The van der Waals surface area contributed by atoms with Gasteiger partial charge in [0.25, 0.3) is 0 Å². The number of benzene rings is 1. The minimum absolute atomic E-state index is 0.324. The summed E-state index contributed by atoms with van der Waals surface area (Å²) < 4.78 is 24.4. The minimum Gasteiger partial charge on any atom is -0.348 e. The van der Waals surface area contributed by atoms with Gasteiger partial charge in [-0.1, -0.05) is 23.5 Å². The van der Waals surface area contributed by atoms with Crippen molar-refractivity contribution < 1.29 is 8.42 Å². The first-order valence-corrected chi connectivity index (χ1v) is 10.8. The van der Waals surface area contributed by atoms with Crippen molar-refractivity contribution in [3.63, 3.8) is 0 Å². The van der Waals surface area contributed by atoms with Crippen molar-refractivity contribution in [2.75, 3.05) is 42.6 Å². The molecule has 5 nitrogen and oxygen atoms in total. The fraction of sp³-hybridized carbons (Fsp3) is 0.562. The number of aromatic nitrogens is 1. The normalized spacial score (nSPS) is 23.4. The lowest BCUT2D eigenvalue weighted by molar-refractivity contribution is 0.182. The van der Waals surface area contributed by atoms with Gasteiger partial charge in [-0.25, -0.2) is 13.4 Å². The lowest BCUT2D eigenvalue weighted by Crippen LogP contribution is -2.50. The van der Waals surface area contributed by atoms with E-state index in [1.807, 2.05) is 6.07 Å². The summed E-state index contributed by atoms with van der Waals surface area (Å²) in [6.07, 6.45) is 2.19. The van der Waals surface area contributed by atoms with Crippen molar-refractivity contribution in [1.29, 1.82) is 0 Å². The van der Waals surface area contributed by atoms with Crippen molar-refractivity contribution in [2.45, 2.75) is 18.9 Å². The number of rotatable bonds is 2. The van der Waals surface area contributed by atoms with Crippen LogP contribution in [0.25, 0.3) is 10.2 Å². The highest BCUT2D eigenvalue weighted by molar-refractivity contribution is 7.91. The van der Waals surface area contributed by atoms with Crippen LogP contribution in [0, 0.1) is 0 Å². The van der Waals surface area contributed by atoms with E-state index in [0.717, 1.165) is 36.6 Å². The number of para-hydroxylation sites is 1. The number of thiazole rings is 1. The third-order valence-corrected chi connectivity index (χ3v) is 7.62. The van der Waals surface area contributed by atoms with Gasteiger partial charge in [-0.05, 0) is 25.0 Å². The van der Waals surface area contributed by atoms with Gasteiger partial charge >= 0.3 is 0 Å². The smallest absolute Gasteiger partial charge is 0.186 e. The van der Waals surface area contributed by atoms with Crippen molar-refractivity contribution in [1.82, 2.24) is 9.88 Å². The zero-order valence-electron chi connectivity index (χ0n) is 13.0. The van der Waals surface area contributed by atoms with E-state index in [1.165, 1.54) is 4.70 Å². The first kappa shape index (κ1) is 15.4. The molecular weight excluding hydrogens is 330 g/mol. The van der Waals surface area contributed by atoms with Crippen LogP contribution in [0.5, 0.6) is 0 Å². The maximum Gasteiger partial charge on any atom is 0.186 e. The van der Waals surface area contributed by atoms with Gasteiger partial charge in [0.2, 0.25) is 0 Å². The summed E-state index contributed by atoms with van der Waals surface area (Å²) in [4.78, 5) is 9.49. The molecule has 0 radical (unpaired) electrons. The van der Waals surface area contributed by atoms with Gasteiger partial charge < -0.3 is 4.90 Å². The predicted octanol–water partition coefficient (Wildman–Crippen LogP) is 2.00. The molecule has 2 aliphatic heterocycles.